The van der Waals surface area contributed by atoms with E-state index in [1.807, 2.05) is 20.8 Å². The van der Waals surface area contributed by atoms with Gasteiger partial charge in [0.15, 0.2) is 0 Å². The number of nitrogens with two attached hydrogens (primary N) is 1. The molecular weight excluding hydrogens is 493 g/mol. The van der Waals surface area contributed by atoms with Crippen LogP contribution in [0.15, 0.2) is 22.7 Å². The summed E-state index contributed by atoms with van der Waals surface area (Å²) < 4.78 is 51.9. The van der Waals surface area contributed by atoms with Crippen molar-refractivity contribution in [3.8, 4) is 17.1 Å². The number of hydrogen-bond donors (Lipinski definition) is 2. The number of rotatable bonds is 12. The minimum atomic E-state index is -4.52. The van der Waals surface area contributed by atoms with E-state index < -0.39 is 11.7 Å². The van der Waals surface area contributed by atoms with E-state index in [9.17, 15) is 13.2 Å². The van der Waals surface area contributed by atoms with Crippen LogP contribution >= 0.6 is 0 Å². The summed E-state index contributed by atoms with van der Waals surface area (Å²) in [7, 11) is 0. The number of nitrogens with one attached hydrogen (secondary N) is 1. The van der Waals surface area contributed by atoms with Crippen LogP contribution < -0.4 is 10.5 Å². The van der Waals surface area contributed by atoms with Crippen molar-refractivity contribution in [1.29, 1.82) is 5.41 Å². The van der Waals surface area contributed by atoms with Gasteiger partial charge in [-0.2, -0.15) is 18.2 Å². The monoisotopic (exact) mass is 538 g/mol. The van der Waals surface area contributed by atoms with E-state index in [0.717, 1.165) is 44.6 Å². The fourth-order valence-electron chi connectivity index (χ4n) is 4.45. The molecule has 1 aromatic heterocycles. The second kappa shape index (κ2) is 15.7. The highest BCUT2D eigenvalue weighted by Gasteiger charge is 2.35. The topological polar surface area (TPSA) is 98.0 Å². The average molecular weight is 539 g/mol. The number of hydrogen-bond acceptors (Lipinski definition) is 5. The van der Waals surface area contributed by atoms with Gasteiger partial charge in [-0.1, -0.05) is 77.8 Å². The first-order chi connectivity index (χ1) is 18.1. The summed E-state index contributed by atoms with van der Waals surface area (Å²) in [5.41, 5.74) is 4.61. The van der Waals surface area contributed by atoms with Crippen LogP contribution in [-0.2, 0) is 6.18 Å². The minimum absolute atomic E-state index is 0.0788. The normalized spacial score (nSPS) is 15.9. The summed E-state index contributed by atoms with van der Waals surface area (Å²) in [6, 6.07) is 3.99. The van der Waals surface area contributed by atoms with Crippen LogP contribution in [-0.4, -0.2) is 22.6 Å². The van der Waals surface area contributed by atoms with Crippen LogP contribution in [0.3, 0.4) is 0 Å². The third-order valence-corrected chi connectivity index (χ3v) is 7.28. The largest absolute Gasteiger partial charge is 0.493 e. The van der Waals surface area contributed by atoms with Crippen LogP contribution in [0.2, 0.25) is 0 Å². The molecule has 0 bridgehead atoms. The number of nitrogens with zero attached hydrogens (tertiary/aromatic N) is 2. The molecule has 9 heteroatoms. The van der Waals surface area contributed by atoms with Crippen LogP contribution in [0.25, 0.3) is 11.4 Å². The molecular formula is C29H45F3N4O2. The van der Waals surface area contributed by atoms with Crippen molar-refractivity contribution in [2.75, 3.05) is 6.61 Å². The molecule has 2 aromatic rings. The van der Waals surface area contributed by atoms with Crippen molar-refractivity contribution in [3.05, 3.63) is 29.7 Å². The standard InChI is InChI=1S/C24H33F3N2O2.C5H12N2/c1-3-4-9-17(2)23-28-22(29-31-23)19-13-14-21(20(16-19)24(25,26)27)30-15-8-12-18-10-6-5-7-11-18;1-3-4(2)5(6)7/h13-14,16-18H,3-12,15H2,1-2H3;4H,3H2,1-2H3,(H3,6,7). The van der Waals surface area contributed by atoms with Crippen molar-refractivity contribution in [3.63, 3.8) is 0 Å². The van der Waals surface area contributed by atoms with Gasteiger partial charge >= 0.3 is 6.18 Å². The Kier molecular flexibility index (Phi) is 13.1. The molecule has 0 aliphatic heterocycles. The Bertz CT molecular complexity index is 971. The molecule has 0 saturated heterocycles. The minimum Gasteiger partial charge on any atom is -0.493 e. The molecule has 1 saturated carbocycles. The summed E-state index contributed by atoms with van der Waals surface area (Å²) >= 11 is 0. The maximum atomic E-state index is 13.7. The molecule has 6 nitrogen and oxygen atoms in total. The Balaban J connectivity index is 0.000000638. The first-order valence-electron chi connectivity index (χ1n) is 14.1. The molecule has 2 unspecified atom stereocenters. The Hall–Kier alpha value is -2.58. The molecule has 38 heavy (non-hydrogen) atoms. The summed E-state index contributed by atoms with van der Waals surface area (Å²) in [5, 5.41) is 10.8. The number of halogens is 3. The molecule has 0 radical (unpaired) electrons. The molecule has 0 spiro atoms. The smallest absolute Gasteiger partial charge is 0.419 e. The van der Waals surface area contributed by atoms with Gasteiger partial charge in [-0.25, -0.2) is 0 Å². The molecule has 3 N–H and O–H groups in total. The number of ether oxygens (including phenoxy) is 1. The SMILES string of the molecule is CCC(C)C(=N)N.CCCCC(C)c1nc(-c2ccc(OCCCC3CCCCC3)c(C(F)(F)F)c2)no1. The zero-order valence-electron chi connectivity index (χ0n) is 23.4. The molecule has 1 fully saturated rings. The molecule has 2 atom stereocenters. The number of aromatic nitrogens is 2. The predicted molar refractivity (Wildman–Crippen MR) is 145 cm³/mol. The average Bonchev–Trinajstić information content (AvgIpc) is 3.40. The van der Waals surface area contributed by atoms with Gasteiger partial charge in [-0.05, 0) is 49.8 Å². The maximum Gasteiger partial charge on any atom is 0.419 e. The zero-order valence-corrected chi connectivity index (χ0v) is 23.4. The Morgan fingerprint density at radius 1 is 1.16 bits per heavy atom. The van der Waals surface area contributed by atoms with Gasteiger partial charge in [0.25, 0.3) is 0 Å². The Morgan fingerprint density at radius 3 is 2.45 bits per heavy atom. The van der Waals surface area contributed by atoms with E-state index in [0.29, 0.717) is 24.3 Å². The van der Waals surface area contributed by atoms with Crippen molar-refractivity contribution in [2.24, 2.45) is 17.6 Å². The molecule has 1 aliphatic rings. The van der Waals surface area contributed by atoms with Crippen LogP contribution in [0.4, 0.5) is 13.2 Å². The van der Waals surface area contributed by atoms with Crippen LogP contribution in [0.1, 0.15) is 116 Å². The van der Waals surface area contributed by atoms with E-state index >= 15 is 0 Å². The predicted octanol–water partition coefficient (Wildman–Crippen LogP) is 8.76. The maximum absolute atomic E-state index is 13.7. The highest BCUT2D eigenvalue weighted by Crippen LogP contribution is 2.39. The second-order valence-corrected chi connectivity index (χ2v) is 10.5. The van der Waals surface area contributed by atoms with Crippen molar-refractivity contribution < 1.29 is 22.4 Å². The number of alkyl halides is 3. The van der Waals surface area contributed by atoms with Gasteiger partial charge in [0.05, 0.1) is 18.0 Å². The highest BCUT2D eigenvalue weighted by molar-refractivity contribution is 5.79. The molecule has 214 valence electrons. The lowest BCUT2D eigenvalue weighted by Crippen LogP contribution is -2.18. The third kappa shape index (κ3) is 10.3. The summed E-state index contributed by atoms with van der Waals surface area (Å²) in [6.07, 6.45) is 7.51. The quantitative estimate of drug-likeness (QED) is 0.160. The van der Waals surface area contributed by atoms with Crippen LogP contribution in [0, 0.1) is 17.2 Å². The van der Waals surface area contributed by atoms with Crippen LogP contribution in [0.5, 0.6) is 5.75 Å². The summed E-state index contributed by atoms with van der Waals surface area (Å²) in [6.45, 7) is 8.34. The van der Waals surface area contributed by atoms with Gasteiger partial charge in [-0.3, -0.25) is 5.41 Å². The van der Waals surface area contributed by atoms with Crippen molar-refractivity contribution in [1.82, 2.24) is 10.1 Å². The Morgan fingerprint density at radius 2 is 1.87 bits per heavy atom. The number of benzene rings is 1. The first kappa shape index (κ1) is 31.6. The van der Waals surface area contributed by atoms with E-state index in [1.165, 1.54) is 38.2 Å². The fraction of sp³-hybridized carbons (Fsp3) is 0.690. The Labute approximate surface area is 225 Å². The van der Waals surface area contributed by atoms with E-state index in [-0.39, 0.29) is 29.0 Å². The fourth-order valence-corrected chi connectivity index (χ4v) is 4.45. The number of amidine groups is 1. The van der Waals surface area contributed by atoms with Gasteiger partial charge in [0, 0.05) is 17.4 Å². The molecule has 1 aliphatic carbocycles. The molecule has 1 heterocycles. The van der Waals surface area contributed by atoms with Gasteiger partial charge < -0.3 is 15.0 Å². The third-order valence-electron chi connectivity index (χ3n) is 7.28. The second-order valence-electron chi connectivity index (χ2n) is 10.5. The van der Waals surface area contributed by atoms with E-state index in [2.05, 4.69) is 17.1 Å². The molecule has 1 aromatic carbocycles. The van der Waals surface area contributed by atoms with Gasteiger partial charge in [0.2, 0.25) is 11.7 Å². The highest BCUT2D eigenvalue weighted by atomic mass is 19.4. The van der Waals surface area contributed by atoms with E-state index in [4.69, 9.17) is 20.4 Å². The molecule has 3 rings (SSSR count). The van der Waals surface area contributed by atoms with Gasteiger partial charge in [-0.15, -0.1) is 0 Å². The molecule has 0 amide bonds. The summed E-state index contributed by atoms with van der Waals surface area (Å²) in [5.74, 6) is 1.82. The van der Waals surface area contributed by atoms with Crippen molar-refractivity contribution in [2.45, 2.75) is 110 Å². The zero-order chi connectivity index (χ0) is 28.1. The lowest BCUT2D eigenvalue weighted by Gasteiger charge is -2.21. The van der Waals surface area contributed by atoms with E-state index in [1.54, 1.807) is 6.07 Å². The van der Waals surface area contributed by atoms with Gasteiger partial charge in [0.1, 0.15) is 5.75 Å². The lowest BCUT2D eigenvalue weighted by atomic mass is 9.86. The first-order valence-corrected chi connectivity index (χ1v) is 14.1. The summed E-state index contributed by atoms with van der Waals surface area (Å²) in [4.78, 5) is 4.33. The number of unbranched alkanes of at least 4 members (excludes halogenated alkanes) is 1. The van der Waals surface area contributed by atoms with Crippen molar-refractivity contribution >= 4 is 5.84 Å². The lowest BCUT2D eigenvalue weighted by molar-refractivity contribution is -0.138.